The second-order valence-corrected chi connectivity index (χ2v) is 5.11. The number of fused-ring (bicyclic) bond motifs is 1. The van der Waals surface area contributed by atoms with Crippen LogP contribution < -0.4 is 0 Å². The molecule has 1 aliphatic carbocycles. The first-order valence-corrected chi connectivity index (χ1v) is 7.03. The van der Waals surface area contributed by atoms with Gasteiger partial charge in [-0.1, -0.05) is 31.2 Å². The van der Waals surface area contributed by atoms with Crippen molar-refractivity contribution in [2.24, 2.45) is 0 Å². The van der Waals surface area contributed by atoms with Crippen LogP contribution in [-0.4, -0.2) is 24.0 Å². The van der Waals surface area contributed by atoms with E-state index < -0.39 is 0 Å². The van der Waals surface area contributed by atoms with Crippen molar-refractivity contribution in [1.29, 1.82) is 5.26 Å². The Morgan fingerprint density at radius 2 is 2.06 bits per heavy atom. The molecule has 1 unspecified atom stereocenters. The van der Waals surface area contributed by atoms with E-state index in [1.165, 1.54) is 30.4 Å². The van der Waals surface area contributed by atoms with Crippen LogP contribution in [0.4, 0.5) is 0 Å². The number of hydrogen-bond acceptors (Lipinski definition) is 2. The van der Waals surface area contributed by atoms with Gasteiger partial charge in [0, 0.05) is 19.0 Å². The van der Waals surface area contributed by atoms with Gasteiger partial charge in [0.15, 0.2) is 0 Å². The fourth-order valence-corrected chi connectivity index (χ4v) is 2.95. The van der Waals surface area contributed by atoms with Crippen LogP contribution in [0.25, 0.3) is 0 Å². The monoisotopic (exact) mass is 242 g/mol. The first-order valence-electron chi connectivity index (χ1n) is 7.03. The molecule has 0 N–H and O–H groups in total. The van der Waals surface area contributed by atoms with Crippen LogP contribution in [0.1, 0.15) is 37.3 Å². The zero-order valence-corrected chi connectivity index (χ0v) is 11.2. The zero-order valence-electron chi connectivity index (χ0n) is 11.2. The molecular formula is C16H22N2. The molecule has 96 valence electrons. The fraction of sp³-hybridized carbons (Fsp3) is 0.562. The van der Waals surface area contributed by atoms with Gasteiger partial charge in [0.25, 0.3) is 0 Å². The Morgan fingerprint density at radius 1 is 1.28 bits per heavy atom. The highest BCUT2D eigenvalue weighted by molar-refractivity contribution is 5.30. The Kier molecular flexibility index (Phi) is 4.78. The van der Waals surface area contributed by atoms with Gasteiger partial charge >= 0.3 is 0 Å². The third kappa shape index (κ3) is 3.11. The van der Waals surface area contributed by atoms with Crippen molar-refractivity contribution >= 4 is 0 Å². The SMILES string of the molecule is CCCN(CCC#N)C1CCc2ccccc2C1. The Labute approximate surface area is 110 Å². The van der Waals surface area contributed by atoms with Gasteiger partial charge in [-0.15, -0.1) is 0 Å². The molecule has 0 heterocycles. The van der Waals surface area contributed by atoms with E-state index in [1.807, 2.05) is 0 Å². The molecule has 0 radical (unpaired) electrons. The Balaban J connectivity index is 2.03. The summed E-state index contributed by atoms with van der Waals surface area (Å²) in [5.41, 5.74) is 3.03. The van der Waals surface area contributed by atoms with E-state index in [0.29, 0.717) is 12.5 Å². The standard InChI is InChI=1S/C16H22N2/c1-2-11-18(12-5-10-17)16-9-8-14-6-3-4-7-15(14)13-16/h3-4,6-7,16H,2,5,8-9,11-13H2,1H3. The summed E-state index contributed by atoms with van der Waals surface area (Å²) in [5.74, 6) is 0. The van der Waals surface area contributed by atoms with Crippen molar-refractivity contribution < 1.29 is 0 Å². The van der Waals surface area contributed by atoms with E-state index in [9.17, 15) is 0 Å². The number of benzene rings is 1. The van der Waals surface area contributed by atoms with E-state index in [0.717, 1.165) is 19.5 Å². The van der Waals surface area contributed by atoms with Gasteiger partial charge in [0.05, 0.1) is 6.07 Å². The quantitative estimate of drug-likeness (QED) is 0.793. The molecule has 1 aliphatic rings. The number of hydrogen-bond donors (Lipinski definition) is 0. The van der Waals surface area contributed by atoms with E-state index >= 15 is 0 Å². The van der Waals surface area contributed by atoms with Gasteiger partial charge in [-0.25, -0.2) is 0 Å². The minimum absolute atomic E-state index is 0.633. The van der Waals surface area contributed by atoms with Gasteiger partial charge in [0.1, 0.15) is 0 Å². The molecule has 1 aromatic carbocycles. The van der Waals surface area contributed by atoms with Crippen molar-refractivity contribution in [2.45, 2.75) is 45.1 Å². The van der Waals surface area contributed by atoms with E-state index in [2.05, 4.69) is 42.2 Å². The molecule has 1 aromatic rings. The lowest BCUT2D eigenvalue weighted by Crippen LogP contribution is -2.40. The summed E-state index contributed by atoms with van der Waals surface area (Å²) in [4.78, 5) is 2.51. The molecule has 0 spiro atoms. The van der Waals surface area contributed by atoms with Gasteiger partial charge in [-0.2, -0.15) is 5.26 Å². The molecule has 0 fully saturated rings. The number of rotatable bonds is 5. The molecule has 18 heavy (non-hydrogen) atoms. The Hall–Kier alpha value is -1.33. The molecule has 0 saturated carbocycles. The highest BCUT2D eigenvalue weighted by Crippen LogP contribution is 2.24. The summed E-state index contributed by atoms with van der Waals surface area (Å²) in [7, 11) is 0. The van der Waals surface area contributed by atoms with Crippen LogP contribution in [0.2, 0.25) is 0 Å². The number of nitrogens with zero attached hydrogens (tertiary/aromatic N) is 2. The second kappa shape index (κ2) is 6.56. The van der Waals surface area contributed by atoms with E-state index in [4.69, 9.17) is 5.26 Å². The van der Waals surface area contributed by atoms with Gasteiger partial charge in [0.2, 0.25) is 0 Å². The summed E-state index contributed by atoms with van der Waals surface area (Å²) in [6.45, 7) is 4.27. The first kappa shape index (κ1) is 13.1. The molecule has 0 bridgehead atoms. The fourth-order valence-electron chi connectivity index (χ4n) is 2.95. The van der Waals surface area contributed by atoms with Crippen LogP contribution >= 0.6 is 0 Å². The lowest BCUT2D eigenvalue weighted by Gasteiger charge is -2.34. The van der Waals surface area contributed by atoms with Crippen molar-refractivity contribution in [3.05, 3.63) is 35.4 Å². The lowest BCUT2D eigenvalue weighted by molar-refractivity contribution is 0.183. The van der Waals surface area contributed by atoms with Crippen molar-refractivity contribution in [3.63, 3.8) is 0 Å². The number of nitriles is 1. The average Bonchev–Trinajstić information content (AvgIpc) is 2.43. The molecule has 2 rings (SSSR count). The Morgan fingerprint density at radius 3 is 2.78 bits per heavy atom. The van der Waals surface area contributed by atoms with Crippen molar-refractivity contribution in [3.8, 4) is 6.07 Å². The predicted molar refractivity (Wildman–Crippen MR) is 74.3 cm³/mol. The number of aryl methyl sites for hydroxylation is 1. The van der Waals surface area contributed by atoms with E-state index in [-0.39, 0.29) is 0 Å². The van der Waals surface area contributed by atoms with Crippen molar-refractivity contribution in [2.75, 3.05) is 13.1 Å². The summed E-state index contributed by atoms with van der Waals surface area (Å²) in [5, 5.41) is 8.76. The molecule has 0 saturated heterocycles. The normalized spacial score (nSPS) is 18.4. The van der Waals surface area contributed by atoms with E-state index in [1.54, 1.807) is 0 Å². The minimum atomic E-state index is 0.633. The summed E-state index contributed by atoms with van der Waals surface area (Å²) >= 11 is 0. The van der Waals surface area contributed by atoms with Gasteiger partial charge in [-0.3, -0.25) is 4.90 Å². The lowest BCUT2D eigenvalue weighted by atomic mass is 9.87. The van der Waals surface area contributed by atoms with Gasteiger partial charge < -0.3 is 0 Å². The first-order chi connectivity index (χ1) is 8.85. The molecule has 0 aliphatic heterocycles. The average molecular weight is 242 g/mol. The zero-order chi connectivity index (χ0) is 12.8. The van der Waals surface area contributed by atoms with Crippen LogP contribution in [-0.2, 0) is 12.8 Å². The summed E-state index contributed by atoms with van der Waals surface area (Å²) in [6, 6.07) is 11.7. The maximum Gasteiger partial charge on any atom is 0.0635 e. The maximum atomic E-state index is 8.76. The third-order valence-electron chi connectivity index (χ3n) is 3.86. The van der Waals surface area contributed by atoms with Crippen LogP contribution in [0.15, 0.2) is 24.3 Å². The largest absolute Gasteiger partial charge is 0.299 e. The Bertz CT molecular complexity index is 419. The molecule has 0 aromatic heterocycles. The van der Waals surface area contributed by atoms with Gasteiger partial charge in [-0.05, 0) is 43.4 Å². The predicted octanol–water partition coefficient (Wildman–Crippen LogP) is 3.17. The van der Waals surface area contributed by atoms with Crippen molar-refractivity contribution in [1.82, 2.24) is 4.90 Å². The molecule has 1 atom stereocenters. The molecule has 0 amide bonds. The second-order valence-electron chi connectivity index (χ2n) is 5.11. The van der Waals surface area contributed by atoms with Crippen LogP contribution in [0.5, 0.6) is 0 Å². The highest BCUT2D eigenvalue weighted by Gasteiger charge is 2.23. The highest BCUT2D eigenvalue weighted by atomic mass is 15.1. The summed E-state index contributed by atoms with van der Waals surface area (Å²) < 4.78 is 0. The third-order valence-corrected chi connectivity index (χ3v) is 3.86. The summed E-state index contributed by atoms with van der Waals surface area (Å²) in [6.07, 6.45) is 5.40. The van der Waals surface area contributed by atoms with Crippen LogP contribution in [0.3, 0.4) is 0 Å². The molecule has 2 nitrogen and oxygen atoms in total. The minimum Gasteiger partial charge on any atom is -0.299 e. The molecule has 2 heteroatoms. The maximum absolute atomic E-state index is 8.76. The topological polar surface area (TPSA) is 27.0 Å². The van der Waals surface area contributed by atoms with Crippen LogP contribution in [0, 0.1) is 11.3 Å². The molecular weight excluding hydrogens is 220 g/mol. The smallest absolute Gasteiger partial charge is 0.0635 e.